The van der Waals surface area contributed by atoms with Crippen LogP contribution < -0.4 is 4.90 Å². The van der Waals surface area contributed by atoms with E-state index in [9.17, 15) is 9.18 Å². The van der Waals surface area contributed by atoms with Crippen LogP contribution in [-0.2, 0) is 9.53 Å². The van der Waals surface area contributed by atoms with Crippen molar-refractivity contribution in [3.63, 3.8) is 0 Å². The minimum Gasteiger partial charge on any atom is -0.383 e. The fourth-order valence-corrected chi connectivity index (χ4v) is 4.53. The number of hydrogen-bond acceptors (Lipinski definition) is 4. The summed E-state index contributed by atoms with van der Waals surface area (Å²) in [7, 11) is 1.66. The fraction of sp³-hybridized carbons (Fsp3) is 0.524. The molecule has 0 N–H and O–H groups in total. The molecular weight excluding hydrogens is 345 g/mol. The molecule has 1 aromatic heterocycles. The number of ether oxygens (including phenoxy) is 1. The minimum absolute atomic E-state index is 0.247. The molecule has 2 aliphatic rings. The van der Waals surface area contributed by atoms with E-state index in [0.717, 1.165) is 49.1 Å². The van der Waals surface area contributed by atoms with Gasteiger partial charge in [-0.25, -0.2) is 9.37 Å². The van der Waals surface area contributed by atoms with Crippen molar-refractivity contribution in [2.75, 3.05) is 44.8 Å². The van der Waals surface area contributed by atoms with Crippen LogP contribution in [0.5, 0.6) is 0 Å². The summed E-state index contributed by atoms with van der Waals surface area (Å²) in [5, 5.41) is 0.966. The molecule has 6 heteroatoms. The average Bonchev–Trinajstić information content (AvgIpc) is 3.08. The lowest BCUT2D eigenvalue weighted by Gasteiger charge is -2.39. The SMILES string of the molecule is COCCN1CCCC2(CCN(c3cc(C)c4ccc(F)cc4n3)C2)C1=O. The van der Waals surface area contributed by atoms with E-state index in [-0.39, 0.29) is 17.1 Å². The number of likely N-dealkylation sites (tertiary alicyclic amines) is 1. The first-order chi connectivity index (χ1) is 13.0. The summed E-state index contributed by atoms with van der Waals surface area (Å²) in [5.74, 6) is 0.807. The molecule has 1 unspecified atom stereocenters. The predicted octanol–water partition coefficient (Wildman–Crippen LogP) is 3.15. The smallest absolute Gasteiger partial charge is 0.230 e. The van der Waals surface area contributed by atoms with Crippen molar-refractivity contribution in [3.8, 4) is 0 Å². The second-order valence-electron chi connectivity index (χ2n) is 7.80. The van der Waals surface area contributed by atoms with Gasteiger partial charge in [-0.15, -0.1) is 0 Å². The monoisotopic (exact) mass is 371 g/mol. The molecule has 1 aromatic carbocycles. The van der Waals surface area contributed by atoms with E-state index in [1.807, 2.05) is 11.8 Å². The molecule has 5 nitrogen and oxygen atoms in total. The van der Waals surface area contributed by atoms with Gasteiger partial charge in [0, 0.05) is 44.7 Å². The summed E-state index contributed by atoms with van der Waals surface area (Å²) in [4.78, 5) is 22.0. The van der Waals surface area contributed by atoms with Crippen LogP contribution in [0.3, 0.4) is 0 Å². The Morgan fingerprint density at radius 2 is 2.11 bits per heavy atom. The maximum Gasteiger partial charge on any atom is 0.230 e. The van der Waals surface area contributed by atoms with Crippen LogP contribution in [0.1, 0.15) is 24.8 Å². The lowest BCUT2D eigenvalue weighted by molar-refractivity contribution is -0.145. The van der Waals surface area contributed by atoms with Gasteiger partial charge in [0.2, 0.25) is 5.91 Å². The van der Waals surface area contributed by atoms with Gasteiger partial charge < -0.3 is 14.5 Å². The number of anilines is 1. The molecule has 0 saturated carbocycles. The highest BCUT2D eigenvalue weighted by atomic mass is 19.1. The van der Waals surface area contributed by atoms with Crippen LogP contribution in [-0.4, -0.2) is 55.7 Å². The van der Waals surface area contributed by atoms with E-state index in [0.29, 0.717) is 25.2 Å². The summed E-state index contributed by atoms with van der Waals surface area (Å²) in [6.07, 6.45) is 2.79. The maximum absolute atomic E-state index is 13.6. The number of carbonyl (C=O) groups is 1. The Labute approximate surface area is 159 Å². The Kier molecular flexibility index (Phi) is 4.76. The van der Waals surface area contributed by atoms with Crippen LogP contribution in [0.2, 0.25) is 0 Å². The number of benzene rings is 1. The number of aromatic nitrogens is 1. The zero-order valence-corrected chi connectivity index (χ0v) is 16.0. The molecular formula is C21H26FN3O2. The van der Waals surface area contributed by atoms with Crippen molar-refractivity contribution in [1.29, 1.82) is 0 Å². The van der Waals surface area contributed by atoms with Gasteiger partial charge in [-0.2, -0.15) is 0 Å². The standard InChI is InChI=1S/C21H26FN3O2/c1-15-12-19(23-18-13-16(22)4-5-17(15)18)25-9-7-21(14-25)6-3-8-24(20(21)26)10-11-27-2/h4-5,12-13H,3,6-11,14H2,1-2H3. The lowest BCUT2D eigenvalue weighted by Crippen LogP contribution is -2.51. The van der Waals surface area contributed by atoms with Crippen molar-refractivity contribution in [2.45, 2.75) is 26.2 Å². The summed E-state index contributed by atoms with van der Waals surface area (Å²) < 4.78 is 18.8. The van der Waals surface area contributed by atoms with Gasteiger partial charge in [0.25, 0.3) is 0 Å². The third-order valence-electron chi connectivity index (χ3n) is 6.03. The molecule has 0 aliphatic carbocycles. The summed E-state index contributed by atoms with van der Waals surface area (Å²) in [6, 6.07) is 6.78. The number of aryl methyl sites for hydroxylation is 1. The molecule has 144 valence electrons. The molecule has 2 fully saturated rings. The highest BCUT2D eigenvalue weighted by molar-refractivity contribution is 5.86. The van der Waals surface area contributed by atoms with E-state index < -0.39 is 0 Å². The summed E-state index contributed by atoms with van der Waals surface area (Å²) >= 11 is 0. The van der Waals surface area contributed by atoms with Gasteiger partial charge >= 0.3 is 0 Å². The molecule has 1 amide bonds. The Morgan fingerprint density at radius 3 is 2.93 bits per heavy atom. The van der Waals surface area contributed by atoms with Crippen LogP contribution in [0.15, 0.2) is 24.3 Å². The fourth-order valence-electron chi connectivity index (χ4n) is 4.53. The van der Waals surface area contributed by atoms with Gasteiger partial charge in [0.05, 0.1) is 17.5 Å². The number of nitrogens with zero attached hydrogens (tertiary/aromatic N) is 3. The van der Waals surface area contributed by atoms with Gasteiger partial charge in [-0.1, -0.05) is 0 Å². The number of amides is 1. The third kappa shape index (κ3) is 3.27. The molecule has 2 saturated heterocycles. The predicted molar refractivity (Wildman–Crippen MR) is 103 cm³/mol. The molecule has 27 heavy (non-hydrogen) atoms. The summed E-state index contributed by atoms with van der Waals surface area (Å²) in [5.41, 5.74) is 1.42. The van der Waals surface area contributed by atoms with Crippen LogP contribution in [0.4, 0.5) is 10.2 Å². The molecule has 2 aromatic rings. The number of rotatable bonds is 4. The van der Waals surface area contributed by atoms with Crippen LogP contribution >= 0.6 is 0 Å². The quantitative estimate of drug-likeness (QED) is 0.828. The Bertz CT molecular complexity index is 872. The first-order valence-corrected chi connectivity index (χ1v) is 9.63. The normalized spacial score (nSPS) is 23.0. The van der Waals surface area contributed by atoms with Crippen molar-refractivity contribution in [1.82, 2.24) is 9.88 Å². The molecule has 1 atom stereocenters. The highest BCUT2D eigenvalue weighted by Crippen LogP contribution is 2.41. The number of hydrogen-bond donors (Lipinski definition) is 0. The lowest BCUT2D eigenvalue weighted by atomic mass is 9.78. The maximum atomic E-state index is 13.6. The van der Waals surface area contributed by atoms with E-state index >= 15 is 0 Å². The second kappa shape index (κ2) is 7.08. The number of pyridine rings is 1. The topological polar surface area (TPSA) is 45.7 Å². The van der Waals surface area contributed by atoms with Crippen molar-refractivity contribution in [3.05, 3.63) is 35.6 Å². The second-order valence-corrected chi connectivity index (χ2v) is 7.80. The first-order valence-electron chi connectivity index (χ1n) is 9.63. The third-order valence-corrected chi connectivity index (χ3v) is 6.03. The zero-order chi connectivity index (χ0) is 19.0. The van der Waals surface area contributed by atoms with Gasteiger partial charge in [-0.3, -0.25) is 4.79 Å². The Balaban J connectivity index is 1.59. The molecule has 2 aliphatic heterocycles. The number of halogens is 1. The number of carbonyl (C=O) groups excluding carboxylic acids is 1. The number of piperidine rings is 1. The van der Waals surface area contributed by atoms with Crippen molar-refractivity contribution in [2.24, 2.45) is 5.41 Å². The molecule has 0 bridgehead atoms. The number of fused-ring (bicyclic) bond motifs is 1. The van der Waals surface area contributed by atoms with Crippen molar-refractivity contribution >= 4 is 22.6 Å². The first kappa shape index (κ1) is 18.2. The highest BCUT2D eigenvalue weighted by Gasteiger charge is 2.48. The van der Waals surface area contributed by atoms with E-state index in [4.69, 9.17) is 9.72 Å². The van der Waals surface area contributed by atoms with Gasteiger partial charge in [0.15, 0.2) is 0 Å². The van der Waals surface area contributed by atoms with Crippen LogP contribution in [0.25, 0.3) is 10.9 Å². The van der Waals surface area contributed by atoms with E-state index in [1.165, 1.54) is 12.1 Å². The molecule has 3 heterocycles. The van der Waals surface area contributed by atoms with E-state index in [1.54, 1.807) is 13.2 Å². The Morgan fingerprint density at radius 1 is 1.26 bits per heavy atom. The van der Waals surface area contributed by atoms with Crippen LogP contribution in [0, 0.1) is 18.2 Å². The van der Waals surface area contributed by atoms with Gasteiger partial charge in [-0.05, 0) is 49.9 Å². The largest absolute Gasteiger partial charge is 0.383 e. The van der Waals surface area contributed by atoms with E-state index in [2.05, 4.69) is 11.0 Å². The zero-order valence-electron chi connectivity index (χ0n) is 16.0. The van der Waals surface area contributed by atoms with Crippen molar-refractivity contribution < 1.29 is 13.9 Å². The molecule has 0 radical (unpaired) electrons. The average molecular weight is 371 g/mol. The summed E-state index contributed by atoms with van der Waals surface area (Å²) in [6.45, 7) is 5.55. The molecule has 4 rings (SSSR count). The Hall–Kier alpha value is -2.21. The number of methoxy groups -OCH3 is 1. The van der Waals surface area contributed by atoms with Gasteiger partial charge in [0.1, 0.15) is 11.6 Å². The molecule has 1 spiro atoms. The minimum atomic E-state index is -0.321.